The molecule has 39 nitrogen and oxygen atoms in total. The number of hydrogen-bond donors (Lipinski definition) is 8. The molecule has 0 bridgehead atoms. The molecule has 0 radical (unpaired) electrons. The van der Waals surface area contributed by atoms with E-state index in [1.54, 1.807) is 85.8 Å². The van der Waals surface area contributed by atoms with Crippen molar-refractivity contribution in [1.29, 1.82) is 0 Å². The van der Waals surface area contributed by atoms with Gasteiger partial charge in [0.05, 0.1) is 101 Å². The Labute approximate surface area is 823 Å². The van der Waals surface area contributed by atoms with E-state index in [9.17, 15) is 19.2 Å². The highest BCUT2D eigenvalue weighted by Crippen LogP contribution is 2.40. The largest absolute Gasteiger partial charge is 0.444 e. The first-order chi connectivity index (χ1) is 69.1. The van der Waals surface area contributed by atoms with E-state index in [1.807, 2.05) is 234 Å². The number of benzene rings is 8. The number of nitrogens with one attached hydrogen (secondary N) is 4. The zero-order chi connectivity index (χ0) is 101. The van der Waals surface area contributed by atoms with Crippen LogP contribution in [0.2, 0.25) is 5.02 Å². The Hall–Kier alpha value is -18.0. The van der Waals surface area contributed by atoms with Gasteiger partial charge in [0.2, 0.25) is 11.8 Å². The smallest absolute Gasteiger partial charge is 0.267 e. The van der Waals surface area contributed by atoms with Crippen molar-refractivity contribution in [3.8, 4) is 68.4 Å². The fraction of sp³-hybridized carbons (Fsp3) is 0.214. The van der Waals surface area contributed by atoms with Crippen molar-refractivity contribution in [2.45, 2.75) is 133 Å². The number of aryl methyl sites for hydroxylation is 10. The second-order valence-corrected chi connectivity index (χ2v) is 34.3. The lowest BCUT2D eigenvalue weighted by atomic mass is 10.1. The van der Waals surface area contributed by atoms with Crippen LogP contribution >= 0.6 is 11.6 Å². The van der Waals surface area contributed by atoms with Crippen LogP contribution in [-0.2, 0) is 14.1 Å². The van der Waals surface area contributed by atoms with E-state index in [1.165, 1.54) is 25.3 Å². The summed E-state index contributed by atoms with van der Waals surface area (Å²) in [6, 6.07) is 53.4. The summed E-state index contributed by atoms with van der Waals surface area (Å²) in [5, 5.41) is 33.0. The topological polar surface area (TPSA) is 521 Å². The molecule has 0 saturated carbocycles. The van der Waals surface area contributed by atoms with Crippen LogP contribution in [0.1, 0.15) is 146 Å². The van der Waals surface area contributed by atoms with Crippen LogP contribution in [0.25, 0.3) is 112 Å². The van der Waals surface area contributed by atoms with E-state index < -0.39 is 12.1 Å². The number of hydrogen-bond acceptors (Lipinski definition) is 33. The summed E-state index contributed by atoms with van der Waals surface area (Å²) >= 11 is 6.41. The fourth-order valence-corrected chi connectivity index (χ4v) is 17.3. The highest BCUT2D eigenvalue weighted by atomic mass is 35.5. The molecule has 722 valence electrons. The summed E-state index contributed by atoms with van der Waals surface area (Å²) in [6.07, 6.45) is 12.6. The molecule has 143 heavy (non-hydrogen) atoms. The quantitative estimate of drug-likeness (QED) is 0.0278. The van der Waals surface area contributed by atoms with Gasteiger partial charge in [-0.05, 0) is 168 Å². The molecule has 0 aliphatic rings. The Balaban J connectivity index is 0.000000131. The van der Waals surface area contributed by atoms with E-state index in [2.05, 4.69) is 96.5 Å². The number of halogens is 1. The summed E-state index contributed by atoms with van der Waals surface area (Å²) in [5.74, 6) is 6.64. The van der Waals surface area contributed by atoms with Crippen molar-refractivity contribution in [2.24, 2.45) is 14.1 Å². The summed E-state index contributed by atoms with van der Waals surface area (Å²) in [5.41, 5.74) is 37.7. The molecule has 20 aromatic rings. The van der Waals surface area contributed by atoms with Crippen LogP contribution in [0.15, 0.2) is 248 Å². The van der Waals surface area contributed by atoms with Crippen molar-refractivity contribution in [3.63, 3.8) is 0 Å². The number of anilines is 8. The van der Waals surface area contributed by atoms with Crippen LogP contribution in [0.4, 0.5) is 46.5 Å². The molecule has 0 unspecified atom stereocenters. The lowest BCUT2D eigenvalue weighted by Crippen LogP contribution is -2.29. The Kier molecular flexibility index (Phi) is 28.2. The van der Waals surface area contributed by atoms with Gasteiger partial charge in [-0.15, -0.1) is 10.2 Å². The van der Waals surface area contributed by atoms with Crippen molar-refractivity contribution >= 4 is 102 Å². The molecule has 0 aliphatic heterocycles. The molecule has 8 aromatic carbocycles. The van der Waals surface area contributed by atoms with Crippen LogP contribution in [0.5, 0.6) is 0 Å². The van der Waals surface area contributed by atoms with Gasteiger partial charge in [0, 0.05) is 21.0 Å². The maximum absolute atomic E-state index is 14.0. The van der Waals surface area contributed by atoms with Crippen LogP contribution in [0.3, 0.4) is 0 Å². The summed E-state index contributed by atoms with van der Waals surface area (Å²) in [7, 11) is 3.54. The SMILES string of the molecule is CC[C@H](Nc1ncnc(N)c1-c1nc(C)co1)c1nc2cccc(C)c2c(=O)n1-c1ccccc1C.CC[C@H](Nc1ncnc(N)c1-c1ncn(C)n1)c1nc2cccc(C)c2c(=O)n1-c1ccccc1C.CC[C@H](Nc1ncnc(N)c1-c1ncn(C)n1)c1nc2cccc(Cl)c2c(=O)n1-c1ccccc1.CC[C@H](Nc1ncnc(N)c1-c1nnc(C)o1)c1nc2cccc(C)c2c(=O)n1-c1ccccc1C. The number of aromatic nitrogens is 25. The number of oxazole rings is 1. The van der Waals surface area contributed by atoms with Gasteiger partial charge in [-0.3, -0.25) is 46.8 Å². The van der Waals surface area contributed by atoms with Crippen molar-refractivity contribution in [2.75, 3.05) is 44.2 Å². The minimum Gasteiger partial charge on any atom is -0.444 e. The molecule has 0 spiro atoms. The number of rotatable bonds is 24. The van der Waals surface area contributed by atoms with Crippen LogP contribution < -0.4 is 66.4 Å². The number of nitrogens with two attached hydrogens (primary N) is 4. The van der Waals surface area contributed by atoms with Gasteiger partial charge in [0.1, 0.15) is 136 Å². The predicted molar refractivity (Wildman–Crippen MR) is 553 cm³/mol. The second kappa shape index (κ2) is 41.7. The standard InChI is InChI=1S/C27H27N7O2.C26H27N9O.C26H26N8O2.C24H22ClN9O/c1-5-18(32-24-22(23(28)29-14-30-24)26-31-17(4)13-36-26)25-33-19-11-8-10-16(3)21(19)27(35)34(25)20-12-7-6-9-15(20)2;1-5-17(31-23-21(22(27)28-13-29-23)24-30-14-34(4)33-24)25-32-18-11-8-10-16(3)20(18)26(36)35(25)19-12-7-6-9-15(19)2;1-5-17(30-23-21(22(27)28-13-29-23)25-33-32-16(4)36-25)24-31-18-11-8-10-15(3)20(18)26(35)34(24)19-12-7-6-9-14(19)2;1-3-16(30-21-19(20(26)27-12-28-21)22-29-13-33(2)32-22)23-31-17-11-7-10-15(25)18(17)24(35)34(23)14-8-5-4-6-9-14/h6-14,18H,5H2,1-4H3,(H3,28,29,30,32);6-14,17H,5H2,1-4H3,(H3,27,28,29,31);6-13,17H,5H2,1-4H3,(H3,27,28,29,30);4-13,16H,3H2,1-2H3,(H3,26,27,28,30)/t18-;2*17-;16-/m0000/s1. The predicted octanol–water partition coefficient (Wildman–Crippen LogP) is 16.7. The number of fused-ring (bicyclic) bond motifs is 4. The second-order valence-electron chi connectivity index (χ2n) is 33.9. The van der Waals surface area contributed by atoms with Gasteiger partial charge in [0.15, 0.2) is 11.6 Å². The molecule has 0 fully saturated rings. The van der Waals surface area contributed by atoms with Gasteiger partial charge >= 0.3 is 0 Å². The van der Waals surface area contributed by atoms with E-state index in [0.29, 0.717) is 178 Å². The zero-order valence-corrected chi connectivity index (χ0v) is 81.5. The van der Waals surface area contributed by atoms with Crippen molar-refractivity contribution in [1.82, 2.24) is 123 Å². The Morgan fingerprint density at radius 3 is 1.00 bits per heavy atom. The average Bonchev–Trinajstić information content (AvgIpc) is 1.35. The minimum absolute atomic E-state index is 0.114. The maximum atomic E-state index is 14.0. The number of nitrogen functional groups attached to an aromatic ring is 4. The van der Waals surface area contributed by atoms with Gasteiger partial charge < -0.3 is 53.0 Å². The molecule has 0 amide bonds. The molecular weight excluding hydrogens is 1830 g/mol. The molecule has 12 heterocycles. The highest BCUT2D eigenvalue weighted by Gasteiger charge is 2.32. The molecule has 4 atom stereocenters. The molecule has 12 aromatic heterocycles. The summed E-state index contributed by atoms with van der Waals surface area (Å²) < 4.78 is 21.1. The maximum Gasteiger partial charge on any atom is 0.267 e. The first-order valence-corrected chi connectivity index (χ1v) is 46.5. The third kappa shape index (κ3) is 19.6. The molecule has 12 N–H and O–H groups in total. The van der Waals surface area contributed by atoms with Crippen molar-refractivity contribution in [3.05, 3.63) is 335 Å². The first kappa shape index (κ1) is 96.6. The minimum atomic E-state index is -0.414. The van der Waals surface area contributed by atoms with E-state index >= 15 is 0 Å². The number of para-hydroxylation sites is 4. The highest BCUT2D eigenvalue weighted by molar-refractivity contribution is 6.35. The average molecular weight is 1930 g/mol. The Morgan fingerprint density at radius 2 is 0.664 bits per heavy atom. The lowest BCUT2D eigenvalue weighted by Gasteiger charge is -2.24. The lowest BCUT2D eigenvalue weighted by molar-refractivity contribution is 0.532. The van der Waals surface area contributed by atoms with E-state index in [4.69, 9.17) is 63.3 Å². The third-order valence-electron chi connectivity index (χ3n) is 24.2. The molecule has 40 heteroatoms. The first-order valence-electron chi connectivity index (χ1n) is 46.1. The van der Waals surface area contributed by atoms with Crippen LogP contribution in [-0.4, -0.2) is 123 Å². The van der Waals surface area contributed by atoms with Gasteiger partial charge in [-0.25, -0.2) is 74.8 Å². The third-order valence-corrected chi connectivity index (χ3v) is 24.5. The monoisotopic (exact) mass is 1930 g/mol. The molecule has 20 rings (SSSR count). The summed E-state index contributed by atoms with van der Waals surface area (Å²) in [6.45, 7) is 23.3. The number of nitrogens with zero attached hydrogens (tertiary/aromatic N) is 25. The Bertz CT molecular complexity index is 7860. The van der Waals surface area contributed by atoms with E-state index in [0.717, 1.165) is 50.4 Å². The zero-order valence-electron chi connectivity index (χ0n) is 80.7. The molecule has 0 aliphatic carbocycles. The van der Waals surface area contributed by atoms with Crippen LogP contribution in [0, 0.1) is 55.4 Å². The van der Waals surface area contributed by atoms with Gasteiger partial charge in [0.25, 0.3) is 28.1 Å². The fourth-order valence-electron chi connectivity index (χ4n) is 17.1. The molecule has 0 saturated heterocycles. The summed E-state index contributed by atoms with van der Waals surface area (Å²) in [4.78, 5) is 123. The normalized spacial score (nSPS) is 12.1. The van der Waals surface area contributed by atoms with E-state index in [-0.39, 0.29) is 63.5 Å². The van der Waals surface area contributed by atoms with Gasteiger partial charge in [-0.1, -0.05) is 155 Å². The van der Waals surface area contributed by atoms with Gasteiger partial charge in [-0.2, -0.15) is 10.2 Å². The Morgan fingerprint density at radius 1 is 0.343 bits per heavy atom. The molecular formula is C103H102ClN33O6. The van der Waals surface area contributed by atoms with Crippen molar-refractivity contribution < 1.29 is 8.83 Å².